The summed E-state index contributed by atoms with van der Waals surface area (Å²) in [7, 11) is 0. The van der Waals surface area contributed by atoms with E-state index in [9.17, 15) is 4.79 Å². The summed E-state index contributed by atoms with van der Waals surface area (Å²) in [5.41, 5.74) is 3.18. The normalized spacial score (nSPS) is 18.3. The van der Waals surface area contributed by atoms with Gasteiger partial charge in [-0.2, -0.15) is 0 Å². The first-order valence-corrected chi connectivity index (χ1v) is 7.42. The molecule has 0 aromatic heterocycles. The van der Waals surface area contributed by atoms with E-state index >= 15 is 0 Å². The zero-order valence-corrected chi connectivity index (χ0v) is 12.4. The number of Topliss-reactive ketones (excluding diaryl/α,β-unsaturated/α-hetero) is 1. The minimum atomic E-state index is -0.126. The largest absolute Gasteiger partial charge is 0.317 e. The molecule has 1 saturated heterocycles. The first kappa shape index (κ1) is 14.3. The van der Waals surface area contributed by atoms with E-state index in [-0.39, 0.29) is 5.41 Å². The van der Waals surface area contributed by atoms with E-state index in [1.54, 1.807) is 0 Å². The molecule has 1 aliphatic rings. The van der Waals surface area contributed by atoms with Crippen molar-refractivity contribution in [2.75, 3.05) is 13.1 Å². The van der Waals surface area contributed by atoms with Gasteiger partial charge in [-0.05, 0) is 57.3 Å². The molecule has 1 fully saturated rings. The summed E-state index contributed by atoms with van der Waals surface area (Å²) >= 11 is 0. The number of hydrogen-bond donors (Lipinski definition) is 1. The second kappa shape index (κ2) is 5.87. The van der Waals surface area contributed by atoms with Crippen LogP contribution in [0, 0.1) is 19.3 Å². The van der Waals surface area contributed by atoms with E-state index in [0.29, 0.717) is 5.78 Å². The smallest absolute Gasteiger partial charge is 0.169 e. The maximum Gasteiger partial charge on any atom is 0.169 e. The highest BCUT2D eigenvalue weighted by Crippen LogP contribution is 2.38. The van der Waals surface area contributed by atoms with Gasteiger partial charge in [0.05, 0.1) is 0 Å². The molecular formula is C17H25NO. The highest BCUT2D eigenvalue weighted by atomic mass is 16.1. The topological polar surface area (TPSA) is 29.1 Å². The molecule has 0 bridgehead atoms. The molecular weight excluding hydrogens is 234 g/mol. The third-order valence-corrected chi connectivity index (χ3v) is 4.62. The van der Waals surface area contributed by atoms with E-state index in [1.165, 1.54) is 5.56 Å². The van der Waals surface area contributed by atoms with Crippen molar-refractivity contribution in [3.8, 4) is 0 Å². The van der Waals surface area contributed by atoms with Gasteiger partial charge in [-0.15, -0.1) is 0 Å². The van der Waals surface area contributed by atoms with Gasteiger partial charge < -0.3 is 5.32 Å². The van der Waals surface area contributed by atoms with Crippen molar-refractivity contribution >= 4 is 5.78 Å². The Labute approximate surface area is 116 Å². The molecule has 1 heterocycles. The molecule has 0 saturated carbocycles. The Morgan fingerprint density at radius 2 is 1.95 bits per heavy atom. The van der Waals surface area contributed by atoms with Crippen molar-refractivity contribution in [2.24, 2.45) is 5.41 Å². The number of carbonyl (C=O) groups excluding carboxylic acids is 1. The van der Waals surface area contributed by atoms with Gasteiger partial charge in [0.1, 0.15) is 0 Å². The van der Waals surface area contributed by atoms with Gasteiger partial charge in [0.25, 0.3) is 0 Å². The number of nitrogens with one attached hydrogen (secondary N) is 1. The zero-order valence-electron chi connectivity index (χ0n) is 12.4. The Hall–Kier alpha value is -1.15. The lowest BCUT2D eigenvalue weighted by Gasteiger charge is -2.36. The average molecular weight is 259 g/mol. The van der Waals surface area contributed by atoms with Gasteiger partial charge in [-0.3, -0.25) is 4.79 Å². The summed E-state index contributed by atoms with van der Waals surface area (Å²) in [6.07, 6.45) is 4.05. The molecule has 0 spiro atoms. The van der Waals surface area contributed by atoms with Gasteiger partial charge in [0.15, 0.2) is 5.78 Å². The number of rotatable bonds is 4. The van der Waals surface area contributed by atoms with Crippen LogP contribution in [0.4, 0.5) is 0 Å². The molecule has 1 aliphatic heterocycles. The van der Waals surface area contributed by atoms with Gasteiger partial charge in [-0.1, -0.05) is 31.5 Å². The zero-order chi connectivity index (χ0) is 13.9. The molecule has 0 amide bonds. The molecule has 1 aromatic carbocycles. The fourth-order valence-electron chi connectivity index (χ4n) is 3.26. The van der Waals surface area contributed by atoms with E-state index in [4.69, 9.17) is 0 Å². The minimum Gasteiger partial charge on any atom is -0.317 e. The summed E-state index contributed by atoms with van der Waals surface area (Å²) < 4.78 is 0. The second-order valence-corrected chi connectivity index (χ2v) is 5.86. The molecule has 1 aromatic rings. The van der Waals surface area contributed by atoms with Crippen LogP contribution in [0.15, 0.2) is 18.2 Å². The van der Waals surface area contributed by atoms with Crippen LogP contribution >= 0.6 is 0 Å². The maximum atomic E-state index is 13.1. The third kappa shape index (κ3) is 2.74. The van der Waals surface area contributed by atoms with Crippen LogP contribution in [0.1, 0.15) is 54.1 Å². The van der Waals surface area contributed by atoms with Crippen molar-refractivity contribution < 1.29 is 4.79 Å². The Bertz CT molecular complexity index is 453. The third-order valence-electron chi connectivity index (χ3n) is 4.62. The van der Waals surface area contributed by atoms with Crippen molar-refractivity contribution in [1.82, 2.24) is 5.32 Å². The van der Waals surface area contributed by atoms with Crippen LogP contribution < -0.4 is 5.32 Å². The van der Waals surface area contributed by atoms with Gasteiger partial charge in [0.2, 0.25) is 0 Å². The lowest BCUT2D eigenvalue weighted by Crippen LogP contribution is -2.42. The Kier molecular flexibility index (Phi) is 4.41. The highest BCUT2D eigenvalue weighted by Gasteiger charge is 2.39. The molecule has 0 radical (unpaired) electrons. The molecule has 104 valence electrons. The van der Waals surface area contributed by atoms with E-state index < -0.39 is 0 Å². The SMILES string of the molecule is CCCC1(C(=O)c2cccc(C)c2C)CCNCC1. The number of ketones is 1. The van der Waals surface area contributed by atoms with Gasteiger partial charge >= 0.3 is 0 Å². The summed E-state index contributed by atoms with van der Waals surface area (Å²) in [6, 6.07) is 6.10. The fraction of sp³-hybridized carbons (Fsp3) is 0.588. The second-order valence-electron chi connectivity index (χ2n) is 5.86. The van der Waals surface area contributed by atoms with Crippen LogP contribution in [-0.4, -0.2) is 18.9 Å². The van der Waals surface area contributed by atoms with E-state index in [1.807, 2.05) is 12.1 Å². The monoisotopic (exact) mass is 259 g/mol. The van der Waals surface area contributed by atoms with Gasteiger partial charge in [-0.25, -0.2) is 0 Å². The predicted molar refractivity (Wildman–Crippen MR) is 79.7 cm³/mol. The van der Waals surface area contributed by atoms with Crippen molar-refractivity contribution in [3.63, 3.8) is 0 Å². The Balaban J connectivity index is 2.36. The minimum absolute atomic E-state index is 0.126. The quantitative estimate of drug-likeness (QED) is 0.836. The van der Waals surface area contributed by atoms with E-state index in [0.717, 1.165) is 49.9 Å². The molecule has 19 heavy (non-hydrogen) atoms. The van der Waals surface area contributed by atoms with Crippen LogP contribution in [0.3, 0.4) is 0 Å². The average Bonchev–Trinajstić information content (AvgIpc) is 2.42. The standard InChI is InChI=1S/C17H25NO/c1-4-8-17(9-11-18-12-10-17)16(19)15-7-5-6-13(2)14(15)3/h5-7,18H,4,8-12H2,1-3H3. The molecule has 2 heteroatoms. The van der Waals surface area contributed by atoms with Crippen LogP contribution in [-0.2, 0) is 0 Å². The molecule has 0 atom stereocenters. The number of aryl methyl sites for hydroxylation is 1. The maximum absolute atomic E-state index is 13.1. The Morgan fingerprint density at radius 3 is 2.58 bits per heavy atom. The number of benzene rings is 1. The van der Waals surface area contributed by atoms with Crippen molar-refractivity contribution in [3.05, 3.63) is 34.9 Å². The molecule has 1 N–H and O–H groups in total. The number of hydrogen-bond acceptors (Lipinski definition) is 2. The Morgan fingerprint density at radius 1 is 1.26 bits per heavy atom. The molecule has 2 nitrogen and oxygen atoms in total. The summed E-state index contributed by atoms with van der Waals surface area (Å²) in [6.45, 7) is 8.28. The molecule has 0 aliphatic carbocycles. The summed E-state index contributed by atoms with van der Waals surface area (Å²) in [4.78, 5) is 13.1. The predicted octanol–water partition coefficient (Wildman–Crippen LogP) is 3.66. The first-order valence-electron chi connectivity index (χ1n) is 7.42. The lowest BCUT2D eigenvalue weighted by atomic mass is 9.69. The van der Waals surface area contributed by atoms with Crippen molar-refractivity contribution in [2.45, 2.75) is 46.5 Å². The summed E-state index contributed by atoms with van der Waals surface area (Å²) in [5, 5.41) is 3.38. The van der Waals surface area contributed by atoms with Crippen LogP contribution in [0.5, 0.6) is 0 Å². The van der Waals surface area contributed by atoms with Gasteiger partial charge in [0, 0.05) is 11.0 Å². The number of piperidine rings is 1. The molecule has 2 rings (SSSR count). The van der Waals surface area contributed by atoms with E-state index in [2.05, 4.69) is 32.2 Å². The highest BCUT2D eigenvalue weighted by molar-refractivity contribution is 6.02. The van der Waals surface area contributed by atoms with Crippen LogP contribution in [0.2, 0.25) is 0 Å². The van der Waals surface area contributed by atoms with Crippen molar-refractivity contribution in [1.29, 1.82) is 0 Å². The molecule has 0 unspecified atom stereocenters. The summed E-state index contributed by atoms with van der Waals surface area (Å²) in [5.74, 6) is 0.372. The van der Waals surface area contributed by atoms with Crippen LogP contribution in [0.25, 0.3) is 0 Å². The first-order chi connectivity index (χ1) is 9.10. The number of carbonyl (C=O) groups is 1. The lowest BCUT2D eigenvalue weighted by molar-refractivity contribution is 0.0703. The fourth-order valence-corrected chi connectivity index (χ4v) is 3.26.